The summed E-state index contributed by atoms with van der Waals surface area (Å²) in [6.07, 6.45) is 2.69. The van der Waals surface area contributed by atoms with Gasteiger partial charge in [-0.15, -0.1) is 0 Å². The molecule has 1 unspecified atom stereocenters. The van der Waals surface area contributed by atoms with E-state index in [0.717, 1.165) is 54.2 Å². The van der Waals surface area contributed by atoms with Gasteiger partial charge < -0.3 is 15.2 Å². The molecule has 5 heteroatoms. The molecule has 0 amide bonds. The Morgan fingerprint density at radius 1 is 1.17 bits per heavy atom. The molecular formula is C24H26N2O2S. The highest BCUT2D eigenvalue weighted by atomic mass is 32.2. The number of aliphatic hydroxyl groups is 2. The number of fused-ring (bicyclic) bond motifs is 3. The van der Waals surface area contributed by atoms with Gasteiger partial charge >= 0.3 is 0 Å². The number of rotatable bonds is 6. The van der Waals surface area contributed by atoms with E-state index in [-0.39, 0.29) is 6.61 Å². The molecule has 1 atom stereocenters. The maximum Gasteiger partial charge on any atom is 0.102 e. The summed E-state index contributed by atoms with van der Waals surface area (Å²) in [5.74, 6) is 2.03. The number of aromatic amines is 1. The Hall–Kier alpha value is -2.05. The van der Waals surface area contributed by atoms with Crippen molar-refractivity contribution in [2.24, 2.45) is 0 Å². The summed E-state index contributed by atoms with van der Waals surface area (Å²) in [5.41, 5.74) is 8.29. The molecule has 0 saturated carbocycles. The van der Waals surface area contributed by atoms with Gasteiger partial charge in [-0.25, -0.2) is 0 Å². The fourth-order valence-corrected chi connectivity index (χ4v) is 5.60. The molecule has 0 fully saturated rings. The molecule has 1 aliphatic heterocycles. The molecule has 0 radical (unpaired) electrons. The number of benzene rings is 2. The van der Waals surface area contributed by atoms with Crippen molar-refractivity contribution >= 4 is 28.2 Å². The lowest BCUT2D eigenvalue weighted by atomic mass is 9.99. The zero-order valence-corrected chi connectivity index (χ0v) is 17.2. The molecule has 2 aliphatic rings. The van der Waals surface area contributed by atoms with Crippen LogP contribution in [0.4, 0.5) is 0 Å². The van der Waals surface area contributed by atoms with E-state index in [4.69, 9.17) is 0 Å². The minimum atomic E-state index is -0.427. The topological polar surface area (TPSA) is 59.5 Å². The number of H-pyrrole nitrogens is 1. The summed E-state index contributed by atoms with van der Waals surface area (Å²) in [6, 6.07) is 14.4. The van der Waals surface area contributed by atoms with Gasteiger partial charge in [-0.3, -0.25) is 4.90 Å². The average molecular weight is 407 g/mol. The molecule has 1 aliphatic carbocycles. The monoisotopic (exact) mass is 406 g/mol. The molecule has 29 heavy (non-hydrogen) atoms. The largest absolute Gasteiger partial charge is 0.392 e. The molecule has 3 N–H and O–H groups in total. The molecular weight excluding hydrogens is 380 g/mol. The zero-order valence-electron chi connectivity index (χ0n) is 16.4. The minimum Gasteiger partial charge on any atom is -0.392 e. The van der Waals surface area contributed by atoms with Gasteiger partial charge in [0.1, 0.15) is 6.10 Å². The Morgan fingerprint density at radius 2 is 2.07 bits per heavy atom. The van der Waals surface area contributed by atoms with Crippen LogP contribution in [-0.2, 0) is 12.4 Å². The number of aromatic nitrogens is 1. The van der Waals surface area contributed by atoms with Crippen molar-refractivity contribution in [3.63, 3.8) is 0 Å². The lowest BCUT2D eigenvalue weighted by molar-refractivity contribution is 0.197. The molecule has 150 valence electrons. The fourth-order valence-electron chi connectivity index (χ4n) is 4.61. The summed E-state index contributed by atoms with van der Waals surface area (Å²) in [7, 11) is 0. The standard InChI is InChI=1S/C24H26N2O2S/c27-14-16-5-6-23-21(11-16)17(12-25-23)15-29-10-9-26-8-7-19-18-3-1-2-4-20(18)24(28)22(19)13-26/h1-6,11-12,24-25,27-28H,7-10,13-15H2. The number of aliphatic hydroxyl groups excluding tert-OH is 2. The van der Waals surface area contributed by atoms with Crippen LogP contribution in [0.25, 0.3) is 16.5 Å². The summed E-state index contributed by atoms with van der Waals surface area (Å²) in [5, 5.41) is 21.3. The molecule has 0 saturated heterocycles. The molecule has 2 heterocycles. The van der Waals surface area contributed by atoms with E-state index in [1.54, 1.807) is 0 Å². The van der Waals surface area contributed by atoms with Crippen LogP contribution in [0.2, 0.25) is 0 Å². The van der Waals surface area contributed by atoms with Gasteiger partial charge in [0.05, 0.1) is 6.61 Å². The van der Waals surface area contributed by atoms with Gasteiger partial charge in [0.15, 0.2) is 0 Å². The third kappa shape index (κ3) is 3.53. The van der Waals surface area contributed by atoms with Crippen molar-refractivity contribution in [2.75, 3.05) is 25.4 Å². The summed E-state index contributed by atoms with van der Waals surface area (Å²) < 4.78 is 0. The maximum absolute atomic E-state index is 10.7. The second kappa shape index (κ2) is 8.00. The van der Waals surface area contributed by atoms with Crippen LogP contribution in [0.15, 0.2) is 54.2 Å². The molecule has 5 rings (SSSR count). The zero-order chi connectivity index (χ0) is 19.8. The van der Waals surface area contributed by atoms with E-state index in [2.05, 4.69) is 40.3 Å². The Kier molecular flexibility index (Phi) is 5.22. The van der Waals surface area contributed by atoms with Crippen LogP contribution in [0.5, 0.6) is 0 Å². The van der Waals surface area contributed by atoms with Crippen LogP contribution >= 0.6 is 11.8 Å². The van der Waals surface area contributed by atoms with Gasteiger partial charge in [-0.1, -0.05) is 30.3 Å². The number of thioether (sulfide) groups is 1. The van der Waals surface area contributed by atoms with E-state index in [9.17, 15) is 10.2 Å². The SMILES string of the molecule is OCc1ccc2[nH]cc(CSCCN3CCC4=C(C3)C(O)c3ccccc34)c2c1. The first-order valence-electron chi connectivity index (χ1n) is 10.2. The number of hydrogen-bond acceptors (Lipinski definition) is 4. The second-order valence-electron chi connectivity index (χ2n) is 7.92. The summed E-state index contributed by atoms with van der Waals surface area (Å²) >= 11 is 1.94. The number of nitrogens with one attached hydrogen (secondary N) is 1. The lowest BCUT2D eigenvalue weighted by Gasteiger charge is -2.29. The van der Waals surface area contributed by atoms with E-state index in [0.29, 0.717) is 0 Å². The van der Waals surface area contributed by atoms with E-state index in [1.807, 2.05) is 30.0 Å². The first-order chi connectivity index (χ1) is 14.2. The Morgan fingerprint density at radius 3 is 2.97 bits per heavy atom. The lowest BCUT2D eigenvalue weighted by Crippen LogP contribution is -2.33. The predicted molar refractivity (Wildman–Crippen MR) is 120 cm³/mol. The van der Waals surface area contributed by atoms with Gasteiger partial charge in [0.2, 0.25) is 0 Å². The highest BCUT2D eigenvalue weighted by Crippen LogP contribution is 2.44. The van der Waals surface area contributed by atoms with E-state index >= 15 is 0 Å². The fraction of sp³-hybridized carbons (Fsp3) is 0.333. The van der Waals surface area contributed by atoms with Crippen molar-refractivity contribution in [1.29, 1.82) is 0 Å². The summed E-state index contributed by atoms with van der Waals surface area (Å²) in [4.78, 5) is 5.80. The van der Waals surface area contributed by atoms with Crippen molar-refractivity contribution < 1.29 is 10.2 Å². The minimum absolute atomic E-state index is 0.0796. The Bertz CT molecular complexity index is 1070. The van der Waals surface area contributed by atoms with E-state index < -0.39 is 6.10 Å². The van der Waals surface area contributed by atoms with Gasteiger partial charge in [0.25, 0.3) is 0 Å². The van der Waals surface area contributed by atoms with Crippen LogP contribution < -0.4 is 0 Å². The predicted octanol–water partition coefficient (Wildman–Crippen LogP) is 4.10. The number of hydrogen-bond donors (Lipinski definition) is 3. The van der Waals surface area contributed by atoms with Crippen LogP contribution in [0, 0.1) is 0 Å². The normalized spacial score (nSPS) is 19.0. The maximum atomic E-state index is 10.7. The number of nitrogens with zero attached hydrogens (tertiary/aromatic N) is 1. The third-order valence-corrected chi connectivity index (χ3v) is 7.18. The Labute approximate surface area is 175 Å². The van der Waals surface area contributed by atoms with Gasteiger partial charge in [0, 0.05) is 48.2 Å². The van der Waals surface area contributed by atoms with Crippen LogP contribution in [-0.4, -0.2) is 45.5 Å². The highest BCUT2D eigenvalue weighted by Gasteiger charge is 2.32. The molecule has 1 aromatic heterocycles. The quantitative estimate of drug-likeness (QED) is 0.540. The van der Waals surface area contributed by atoms with Crippen molar-refractivity contribution in [3.8, 4) is 0 Å². The smallest absolute Gasteiger partial charge is 0.102 e. The Balaban J connectivity index is 1.17. The first-order valence-corrected chi connectivity index (χ1v) is 11.4. The second-order valence-corrected chi connectivity index (χ2v) is 9.03. The van der Waals surface area contributed by atoms with Crippen LogP contribution in [0.1, 0.15) is 34.8 Å². The van der Waals surface area contributed by atoms with Crippen molar-refractivity contribution in [3.05, 3.63) is 76.5 Å². The first kappa shape index (κ1) is 18.9. The molecule has 4 nitrogen and oxygen atoms in total. The molecule has 3 aromatic rings. The summed E-state index contributed by atoms with van der Waals surface area (Å²) in [6.45, 7) is 3.05. The van der Waals surface area contributed by atoms with Crippen LogP contribution in [0.3, 0.4) is 0 Å². The molecule has 2 aromatic carbocycles. The third-order valence-electron chi connectivity index (χ3n) is 6.19. The molecule has 0 spiro atoms. The molecule has 0 bridgehead atoms. The highest BCUT2D eigenvalue weighted by molar-refractivity contribution is 7.98. The van der Waals surface area contributed by atoms with Crippen molar-refractivity contribution in [1.82, 2.24) is 9.88 Å². The van der Waals surface area contributed by atoms with E-state index in [1.165, 1.54) is 27.7 Å². The van der Waals surface area contributed by atoms with Gasteiger partial charge in [-0.2, -0.15) is 11.8 Å². The average Bonchev–Trinajstić information content (AvgIpc) is 3.30. The van der Waals surface area contributed by atoms with Crippen molar-refractivity contribution in [2.45, 2.75) is 24.9 Å². The van der Waals surface area contributed by atoms with Gasteiger partial charge in [-0.05, 0) is 52.0 Å².